The largest absolute Gasteiger partial charge is 0.473 e. The highest BCUT2D eigenvalue weighted by atomic mass is 32.2. The van der Waals surface area contributed by atoms with E-state index in [0.717, 1.165) is 28.0 Å². The number of fused-ring (bicyclic) bond motifs is 2. The monoisotopic (exact) mass is 370 g/mol. The molecule has 0 saturated heterocycles. The summed E-state index contributed by atoms with van der Waals surface area (Å²) in [6.07, 6.45) is 3.71. The summed E-state index contributed by atoms with van der Waals surface area (Å²) < 4.78 is 8.66. The lowest BCUT2D eigenvalue weighted by molar-refractivity contribution is 0.113. The SMILES string of the molecule is Nc1nc2ccc(Sc3nnc4ccc(OC5CCC5)nn34)cc2s1. The topological polar surface area (TPSA) is 91.2 Å². The van der Waals surface area contributed by atoms with E-state index < -0.39 is 0 Å². The van der Waals surface area contributed by atoms with Crippen LogP contribution in [0.2, 0.25) is 0 Å². The zero-order valence-corrected chi connectivity index (χ0v) is 14.8. The fourth-order valence-corrected chi connectivity index (χ4v) is 4.30. The van der Waals surface area contributed by atoms with Crippen LogP contribution in [0.4, 0.5) is 5.13 Å². The highest BCUT2D eigenvalue weighted by Crippen LogP contribution is 2.32. The van der Waals surface area contributed by atoms with Gasteiger partial charge in [0.1, 0.15) is 6.10 Å². The van der Waals surface area contributed by atoms with Crippen molar-refractivity contribution in [1.82, 2.24) is 24.8 Å². The van der Waals surface area contributed by atoms with Crippen molar-refractivity contribution >= 4 is 44.1 Å². The van der Waals surface area contributed by atoms with Crippen molar-refractivity contribution in [2.75, 3.05) is 5.73 Å². The molecule has 1 fully saturated rings. The van der Waals surface area contributed by atoms with E-state index in [2.05, 4.69) is 26.3 Å². The maximum Gasteiger partial charge on any atom is 0.232 e. The molecular weight excluding hydrogens is 356 g/mol. The molecule has 0 radical (unpaired) electrons. The normalized spacial score (nSPS) is 14.9. The Labute approximate surface area is 151 Å². The average molecular weight is 370 g/mol. The zero-order chi connectivity index (χ0) is 16.8. The van der Waals surface area contributed by atoms with Crippen molar-refractivity contribution in [2.24, 2.45) is 0 Å². The van der Waals surface area contributed by atoms with E-state index in [1.54, 1.807) is 4.52 Å². The number of nitrogens with two attached hydrogens (primary N) is 1. The van der Waals surface area contributed by atoms with Crippen LogP contribution in [-0.2, 0) is 0 Å². The molecule has 4 aromatic rings. The number of anilines is 1. The first-order valence-electron chi connectivity index (χ1n) is 7.98. The minimum atomic E-state index is 0.289. The van der Waals surface area contributed by atoms with Crippen LogP contribution < -0.4 is 10.5 Å². The molecule has 1 aliphatic rings. The van der Waals surface area contributed by atoms with Gasteiger partial charge in [-0.3, -0.25) is 0 Å². The smallest absolute Gasteiger partial charge is 0.232 e. The third kappa shape index (κ3) is 2.79. The highest BCUT2D eigenvalue weighted by Gasteiger charge is 2.20. The van der Waals surface area contributed by atoms with E-state index in [1.165, 1.54) is 29.5 Å². The van der Waals surface area contributed by atoms with Gasteiger partial charge < -0.3 is 10.5 Å². The van der Waals surface area contributed by atoms with Crippen LogP contribution >= 0.6 is 23.1 Å². The second-order valence-corrected chi connectivity index (χ2v) is 7.98. The quantitative estimate of drug-likeness (QED) is 0.588. The van der Waals surface area contributed by atoms with E-state index in [9.17, 15) is 0 Å². The molecule has 0 aliphatic heterocycles. The summed E-state index contributed by atoms with van der Waals surface area (Å²) in [6, 6.07) is 9.76. The number of rotatable bonds is 4. The Balaban J connectivity index is 1.46. The average Bonchev–Trinajstić information content (AvgIpc) is 3.13. The fraction of sp³-hybridized carbons (Fsp3) is 0.250. The predicted octanol–water partition coefficient (Wildman–Crippen LogP) is 3.40. The molecule has 0 unspecified atom stereocenters. The summed E-state index contributed by atoms with van der Waals surface area (Å²) in [6.45, 7) is 0. The summed E-state index contributed by atoms with van der Waals surface area (Å²) in [7, 11) is 0. The van der Waals surface area contributed by atoms with Crippen LogP contribution in [0.3, 0.4) is 0 Å². The molecule has 3 heterocycles. The van der Waals surface area contributed by atoms with Gasteiger partial charge in [-0.15, -0.1) is 15.3 Å². The molecule has 1 aliphatic carbocycles. The molecule has 0 amide bonds. The highest BCUT2D eigenvalue weighted by molar-refractivity contribution is 7.99. The Morgan fingerprint density at radius 3 is 2.96 bits per heavy atom. The number of nitrogens with zero attached hydrogens (tertiary/aromatic N) is 5. The molecule has 3 aromatic heterocycles. The van der Waals surface area contributed by atoms with Crippen LogP contribution in [0.5, 0.6) is 5.88 Å². The van der Waals surface area contributed by atoms with Gasteiger partial charge in [0.25, 0.3) is 0 Å². The van der Waals surface area contributed by atoms with Crippen LogP contribution in [0.25, 0.3) is 15.9 Å². The van der Waals surface area contributed by atoms with E-state index in [0.29, 0.717) is 21.8 Å². The van der Waals surface area contributed by atoms with Gasteiger partial charge in [0.2, 0.25) is 11.0 Å². The Morgan fingerprint density at radius 1 is 1.20 bits per heavy atom. The van der Waals surface area contributed by atoms with Crippen LogP contribution in [-0.4, -0.2) is 30.9 Å². The number of hydrogen-bond donors (Lipinski definition) is 1. The Bertz CT molecular complexity index is 1070. The molecule has 5 rings (SSSR count). The number of nitrogen functional groups attached to an aromatic ring is 1. The molecule has 0 atom stereocenters. The van der Waals surface area contributed by atoms with E-state index in [-0.39, 0.29) is 6.10 Å². The Morgan fingerprint density at radius 2 is 2.12 bits per heavy atom. The standard InChI is InChI=1S/C16H14N6OS2/c17-15-18-11-5-4-10(8-12(11)25-15)24-16-20-19-13-6-7-14(21-22(13)16)23-9-2-1-3-9/h4-9H,1-3H2,(H2,17,18). The van der Waals surface area contributed by atoms with E-state index >= 15 is 0 Å². The lowest BCUT2D eigenvalue weighted by Crippen LogP contribution is -2.25. The Hall–Kier alpha value is -2.39. The molecule has 25 heavy (non-hydrogen) atoms. The first-order valence-corrected chi connectivity index (χ1v) is 9.61. The van der Waals surface area contributed by atoms with Crippen LogP contribution in [0, 0.1) is 0 Å². The van der Waals surface area contributed by atoms with E-state index in [1.807, 2.05) is 24.3 Å². The van der Waals surface area contributed by atoms with Crippen LogP contribution in [0.1, 0.15) is 19.3 Å². The molecule has 2 N–H and O–H groups in total. The molecular formula is C16H14N6OS2. The van der Waals surface area contributed by atoms with Gasteiger partial charge >= 0.3 is 0 Å². The summed E-state index contributed by atoms with van der Waals surface area (Å²) in [5.74, 6) is 0.615. The third-order valence-corrected chi connectivity index (χ3v) is 5.91. The lowest BCUT2D eigenvalue weighted by atomic mass is 9.96. The van der Waals surface area contributed by atoms with Crippen molar-refractivity contribution in [3.8, 4) is 5.88 Å². The van der Waals surface area contributed by atoms with Crippen molar-refractivity contribution in [3.05, 3.63) is 30.3 Å². The third-order valence-electron chi connectivity index (χ3n) is 4.13. The van der Waals surface area contributed by atoms with Gasteiger partial charge in [0, 0.05) is 11.0 Å². The molecule has 0 bridgehead atoms. The second-order valence-electron chi connectivity index (χ2n) is 5.88. The van der Waals surface area contributed by atoms with Gasteiger partial charge in [-0.1, -0.05) is 11.3 Å². The van der Waals surface area contributed by atoms with Crippen molar-refractivity contribution < 1.29 is 4.74 Å². The molecule has 0 spiro atoms. The first kappa shape index (κ1) is 14.9. The van der Waals surface area contributed by atoms with Crippen LogP contribution in [0.15, 0.2) is 40.4 Å². The Kier molecular flexibility index (Phi) is 3.49. The van der Waals surface area contributed by atoms with Gasteiger partial charge in [-0.25, -0.2) is 4.98 Å². The predicted molar refractivity (Wildman–Crippen MR) is 97.2 cm³/mol. The van der Waals surface area contributed by atoms with Gasteiger partial charge in [-0.05, 0) is 55.3 Å². The van der Waals surface area contributed by atoms with Crippen molar-refractivity contribution in [3.63, 3.8) is 0 Å². The van der Waals surface area contributed by atoms with Crippen molar-refractivity contribution in [2.45, 2.75) is 35.4 Å². The maximum atomic E-state index is 5.88. The molecule has 1 saturated carbocycles. The summed E-state index contributed by atoms with van der Waals surface area (Å²) in [5, 5.41) is 14.2. The number of benzene rings is 1. The summed E-state index contributed by atoms with van der Waals surface area (Å²) in [5.41, 5.74) is 7.38. The number of hydrogen-bond acceptors (Lipinski definition) is 8. The fourth-order valence-electron chi connectivity index (χ4n) is 2.63. The summed E-state index contributed by atoms with van der Waals surface area (Å²) in [4.78, 5) is 5.32. The number of ether oxygens (including phenoxy) is 1. The van der Waals surface area contributed by atoms with Gasteiger partial charge in [-0.2, -0.15) is 4.52 Å². The van der Waals surface area contributed by atoms with Gasteiger partial charge in [0.05, 0.1) is 10.2 Å². The molecule has 7 nitrogen and oxygen atoms in total. The molecule has 9 heteroatoms. The summed E-state index contributed by atoms with van der Waals surface area (Å²) >= 11 is 2.98. The van der Waals surface area contributed by atoms with Gasteiger partial charge in [0.15, 0.2) is 10.8 Å². The minimum Gasteiger partial charge on any atom is -0.473 e. The zero-order valence-electron chi connectivity index (χ0n) is 13.1. The maximum absolute atomic E-state index is 5.88. The lowest BCUT2D eigenvalue weighted by Gasteiger charge is -2.25. The number of thiazole rings is 1. The van der Waals surface area contributed by atoms with Crippen molar-refractivity contribution in [1.29, 1.82) is 0 Å². The minimum absolute atomic E-state index is 0.289. The molecule has 126 valence electrons. The number of aromatic nitrogens is 5. The molecule has 1 aromatic carbocycles. The first-order chi connectivity index (χ1) is 12.2. The second kappa shape index (κ2) is 5.85. The van der Waals surface area contributed by atoms with E-state index in [4.69, 9.17) is 10.5 Å².